The van der Waals surface area contributed by atoms with Crippen LogP contribution in [0.2, 0.25) is 0 Å². The average molecular weight is 161 g/mol. The molecule has 0 heterocycles. The summed E-state index contributed by atoms with van der Waals surface area (Å²) in [6.07, 6.45) is 0.701. The number of rotatable bonds is 3. The molecule has 1 aliphatic rings. The monoisotopic (exact) mass is 161 g/mol. The Balaban J connectivity index is 2.83. The molecule has 0 bridgehead atoms. The highest BCUT2D eigenvalue weighted by Crippen LogP contribution is 2.48. The van der Waals surface area contributed by atoms with Gasteiger partial charge in [0.2, 0.25) is 0 Å². The summed E-state index contributed by atoms with van der Waals surface area (Å²) in [5, 5.41) is 8.64. The van der Waals surface area contributed by atoms with Gasteiger partial charge in [0.05, 0.1) is 0 Å². The van der Waals surface area contributed by atoms with E-state index in [4.69, 9.17) is 10.8 Å². The van der Waals surface area contributed by atoms with Crippen molar-refractivity contribution in [2.24, 2.45) is 5.73 Å². The van der Waals surface area contributed by atoms with E-state index in [1.807, 2.05) is 0 Å². The lowest BCUT2D eigenvalue weighted by Gasteiger charge is -2.26. The number of carboxylic acids is 1. The van der Waals surface area contributed by atoms with Crippen LogP contribution < -0.4 is 5.73 Å². The number of hydrogen-bond acceptors (Lipinski definition) is 2. The Bertz CT molecular complexity index is 191. The number of carbonyl (C=O) groups is 1. The normalized spacial score (nSPS) is 25.7. The van der Waals surface area contributed by atoms with E-state index < -0.39 is 17.2 Å². The first-order valence-corrected chi connectivity index (χ1v) is 3.67. The Morgan fingerprint density at radius 1 is 1.82 bits per heavy atom. The van der Waals surface area contributed by atoms with E-state index >= 15 is 0 Å². The molecule has 0 aromatic heterocycles. The SMILES string of the molecule is CCC(N)(C(=O)O)C1(F)CC1. The summed E-state index contributed by atoms with van der Waals surface area (Å²) in [6.45, 7) is 1.59. The van der Waals surface area contributed by atoms with Crippen LogP contribution in [0.1, 0.15) is 26.2 Å². The Morgan fingerprint density at radius 3 is 2.36 bits per heavy atom. The molecule has 0 aromatic rings. The predicted octanol–water partition coefficient (Wildman–Crippen LogP) is 0.681. The van der Waals surface area contributed by atoms with E-state index in [1.165, 1.54) is 0 Å². The number of alkyl halides is 1. The minimum absolute atomic E-state index is 0.138. The molecule has 0 radical (unpaired) electrons. The quantitative estimate of drug-likeness (QED) is 0.639. The van der Waals surface area contributed by atoms with Crippen molar-refractivity contribution in [1.29, 1.82) is 0 Å². The van der Waals surface area contributed by atoms with Gasteiger partial charge in [-0.3, -0.25) is 4.79 Å². The van der Waals surface area contributed by atoms with Gasteiger partial charge in [0.15, 0.2) is 0 Å². The molecule has 3 nitrogen and oxygen atoms in total. The number of halogens is 1. The van der Waals surface area contributed by atoms with Crippen LogP contribution in [0.25, 0.3) is 0 Å². The predicted molar refractivity (Wildman–Crippen MR) is 37.9 cm³/mol. The summed E-state index contributed by atoms with van der Waals surface area (Å²) in [6, 6.07) is 0. The third-order valence-corrected chi connectivity index (χ3v) is 2.43. The van der Waals surface area contributed by atoms with Crippen LogP contribution >= 0.6 is 0 Å². The van der Waals surface area contributed by atoms with Gasteiger partial charge in [0.1, 0.15) is 11.2 Å². The lowest BCUT2D eigenvalue weighted by molar-refractivity contribution is -0.147. The molecule has 0 saturated heterocycles. The number of nitrogens with two attached hydrogens (primary N) is 1. The van der Waals surface area contributed by atoms with Crippen molar-refractivity contribution in [3.8, 4) is 0 Å². The third kappa shape index (κ3) is 1.01. The van der Waals surface area contributed by atoms with Crippen LogP contribution in [0.3, 0.4) is 0 Å². The molecule has 0 aromatic carbocycles. The van der Waals surface area contributed by atoms with Gasteiger partial charge in [-0.2, -0.15) is 0 Å². The largest absolute Gasteiger partial charge is 0.480 e. The highest BCUT2D eigenvalue weighted by molar-refractivity contribution is 5.81. The summed E-state index contributed by atoms with van der Waals surface area (Å²) in [5.74, 6) is -1.24. The molecule has 1 saturated carbocycles. The van der Waals surface area contributed by atoms with Crippen LogP contribution in [-0.2, 0) is 4.79 Å². The van der Waals surface area contributed by atoms with Crippen molar-refractivity contribution < 1.29 is 14.3 Å². The maximum Gasteiger partial charge on any atom is 0.327 e. The molecule has 3 N–H and O–H groups in total. The summed E-state index contributed by atoms with van der Waals surface area (Å²) in [7, 11) is 0. The maximum atomic E-state index is 13.3. The first-order chi connectivity index (χ1) is 4.96. The highest BCUT2D eigenvalue weighted by atomic mass is 19.1. The van der Waals surface area contributed by atoms with E-state index in [0.717, 1.165) is 0 Å². The van der Waals surface area contributed by atoms with Gasteiger partial charge < -0.3 is 10.8 Å². The van der Waals surface area contributed by atoms with Gasteiger partial charge in [-0.25, -0.2) is 4.39 Å². The van der Waals surface area contributed by atoms with E-state index in [9.17, 15) is 9.18 Å². The van der Waals surface area contributed by atoms with Crippen molar-refractivity contribution in [2.75, 3.05) is 0 Å². The Hall–Kier alpha value is -0.640. The molecule has 0 amide bonds. The second-order valence-corrected chi connectivity index (χ2v) is 3.10. The fourth-order valence-corrected chi connectivity index (χ4v) is 1.22. The number of carboxylic acid groups (broad SMARTS) is 1. The molecule has 11 heavy (non-hydrogen) atoms. The van der Waals surface area contributed by atoms with Crippen molar-refractivity contribution in [1.82, 2.24) is 0 Å². The van der Waals surface area contributed by atoms with E-state index in [1.54, 1.807) is 6.92 Å². The molecular formula is C7H12FNO2. The number of aliphatic carboxylic acids is 1. The zero-order valence-corrected chi connectivity index (χ0v) is 6.43. The van der Waals surface area contributed by atoms with Gasteiger partial charge in [-0.1, -0.05) is 6.92 Å². The summed E-state index contributed by atoms with van der Waals surface area (Å²) in [5.41, 5.74) is 2.10. The lowest BCUT2D eigenvalue weighted by atomic mass is 9.89. The van der Waals surface area contributed by atoms with Gasteiger partial charge in [-0.05, 0) is 19.3 Å². The third-order valence-electron chi connectivity index (χ3n) is 2.43. The fourth-order valence-electron chi connectivity index (χ4n) is 1.22. The van der Waals surface area contributed by atoms with Crippen LogP contribution in [0, 0.1) is 0 Å². The lowest BCUT2D eigenvalue weighted by Crippen LogP contribution is -2.56. The van der Waals surface area contributed by atoms with E-state index in [-0.39, 0.29) is 19.3 Å². The first-order valence-electron chi connectivity index (χ1n) is 3.67. The van der Waals surface area contributed by atoms with E-state index in [2.05, 4.69) is 0 Å². The van der Waals surface area contributed by atoms with Crippen LogP contribution in [0.4, 0.5) is 4.39 Å². The molecule has 4 heteroatoms. The molecular weight excluding hydrogens is 149 g/mol. The second kappa shape index (κ2) is 2.17. The zero-order chi connectivity index (χ0) is 8.70. The average Bonchev–Trinajstić information content (AvgIpc) is 2.67. The summed E-state index contributed by atoms with van der Waals surface area (Å²) < 4.78 is 13.3. The van der Waals surface area contributed by atoms with Crippen LogP contribution in [0.5, 0.6) is 0 Å². The van der Waals surface area contributed by atoms with Crippen molar-refractivity contribution in [3.05, 3.63) is 0 Å². The smallest absolute Gasteiger partial charge is 0.327 e. The topological polar surface area (TPSA) is 63.3 Å². The van der Waals surface area contributed by atoms with Gasteiger partial charge in [-0.15, -0.1) is 0 Å². The Kier molecular flexibility index (Phi) is 1.67. The zero-order valence-electron chi connectivity index (χ0n) is 6.43. The van der Waals surface area contributed by atoms with Gasteiger partial charge in [0, 0.05) is 0 Å². The van der Waals surface area contributed by atoms with Gasteiger partial charge in [0.25, 0.3) is 0 Å². The Labute approximate surface area is 64.4 Å². The van der Waals surface area contributed by atoms with E-state index in [0.29, 0.717) is 0 Å². The first kappa shape index (κ1) is 8.46. The molecule has 1 unspecified atom stereocenters. The van der Waals surface area contributed by atoms with Gasteiger partial charge >= 0.3 is 5.97 Å². The molecule has 1 rings (SSSR count). The molecule has 1 atom stereocenters. The molecule has 0 aliphatic heterocycles. The van der Waals surface area contributed by atoms with Crippen molar-refractivity contribution in [3.63, 3.8) is 0 Å². The fraction of sp³-hybridized carbons (Fsp3) is 0.857. The minimum atomic E-state index is -1.66. The summed E-state index contributed by atoms with van der Waals surface area (Å²) in [4.78, 5) is 10.6. The standard InChI is InChI=1S/C7H12FNO2/c1-2-7(9,5(10)11)6(8)3-4-6/h2-4,9H2,1H3,(H,10,11). The van der Waals surface area contributed by atoms with Crippen LogP contribution in [0.15, 0.2) is 0 Å². The van der Waals surface area contributed by atoms with Crippen LogP contribution in [-0.4, -0.2) is 22.3 Å². The Morgan fingerprint density at radius 2 is 2.27 bits per heavy atom. The maximum absolute atomic E-state index is 13.3. The number of hydrogen-bond donors (Lipinski definition) is 2. The molecule has 64 valence electrons. The minimum Gasteiger partial charge on any atom is -0.480 e. The molecule has 0 spiro atoms. The highest BCUT2D eigenvalue weighted by Gasteiger charge is 2.62. The van der Waals surface area contributed by atoms with Crippen molar-refractivity contribution in [2.45, 2.75) is 37.4 Å². The molecule has 1 aliphatic carbocycles. The molecule has 1 fully saturated rings. The second-order valence-electron chi connectivity index (χ2n) is 3.10. The summed E-state index contributed by atoms with van der Waals surface area (Å²) >= 11 is 0. The van der Waals surface area contributed by atoms with Crippen molar-refractivity contribution >= 4 is 5.97 Å².